The normalized spacial score (nSPS) is 15.3. The van der Waals surface area contributed by atoms with Gasteiger partial charge in [-0.3, -0.25) is 4.18 Å². The number of hydrogen-bond donors (Lipinski definition) is 2. The first-order valence-corrected chi connectivity index (χ1v) is 11.6. The zero-order valence-corrected chi connectivity index (χ0v) is 18.4. The average Bonchev–Trinajstić information content (AvgIpc) is 2.78. The van der Waals surface area contributed by atoms with Gasteiger partial charge < -0.3 is 19.7 Å². The zero-order chi connectivity index (χ0) is 23.4. The van der Waals surface area contributed by atoms with Gasteiger partial charge in [-0.2, -0.15) is 8.42 Å². The molecule has 0 aliphatic carbocycles. The second-order valence-corrected chi connectivity index (χ2v) is 8.65. The van der Waals surface area contributed by atoms with Crippen LogP contribution in [0.2, 0.25) is 0 Å². The molecule has 0 aliphatic heterocycles. The first-order chi connectivity index (χ1) is 15.3. The molecule has 174 valence electrons. The van der Waals surface area contributed by atoms with E-state index in [1.165, 1.54) is 0 Å². The summed E-state index contributed by atoms with van der Waals surface area (Å²) in [6, 6.07) is 17.1. The summed E-state index contributed by atoms with van der Waals surface area (Å²) in [6.07, 6.45) is -3.45. The molecule has 0 spiro atoms. The molecule has 0 heterocycles. The fourth-order valence-electron chi connectivity index (χ4n) is 2.96. The van der Waals surface area contributed by atoms with Crippen LogP contribution in [0.15, 0.2) is 65.8 Å². The molecule has 2 aromatic rings. The standard InChI is InChI=1S/C21H27N3O7S/c1-32(27,28)31-19(12-25)21(30-14-17-10-6-3-7-11-17)20(26)18(23-24-22)15-29-13-16-8-4-2-5-9-16/h2-11,18-21,25-26H,12-15H2,1H3/t18-,19+,20+,21+/m0/s1. The van der Waals surface area contributed by atoms with E-state index in [1.54, 1.807) is 24.3 Å². The Bertz CT molecular complexity index is 954. The molecule has 32 heavy (non-hydrogen) atoms. The zero-order valence-electron chi connectivity index (χ0n) is 17.6. The molecule has 0 bridgehead atoms. The molecule has 4 atom stereocenters. The van der Waals surface area contributed by atoms with Gasteiger partial charge in [-0.05, 0) is 16.7 Å². The van der Waals surface area contributed by atoms with Crippen molar-refractivity contribution in [3.8, 4) is 0 Å². The molecule has 10 nitrogen and oxygen atoms in total. The second-order valence-electron chi connectivity index (χ2n) is 7.05. The smallest absolute Gasteiger partial charge is 0.264 e. The van der Waals surface area contributed by atoms with Crippen LogP contribution in [0.3, 0.4) is 0 Å². The predicted molar refractivity (Wildman–Crippen MR) is 117 cm³/mol. The van der Waals surface area contributed by atoms with Crippen LogP contribution >= 0.6 is 0 Å². The number of aliphatic hydroxyl groups excluding tert-OH is 2. The molecular formula is C21H27N3O7S. The largest absolute Gasteiger partial charge is 0.394 e. The molecule has 11 heteroatoms. The lowest BCUT2D eigenvalue weighted by atomic mass is 10.0. The summed E-state index contributed by atoms with van der Waals surface area (Å²) in [7, 11) is -3.97. The molecule has 0 amide bonds. The van der Waals surface area contributed by atoms with E-state index in [1.807, 2.05) is 36.4 Å². The van der Waals surface area contributed by atoms with Crippen LogP contribution < -0.4 is 0 Å². The Morgan fingerprint density at radius 2 is 1.59 bits per heavy atom. The summed E-state index contributed by atoms with van der Waals surface area (Å²) in [5.74, 6) is 0. The third kappa shape index (κ3) is 8.93. The Kier molecular flexibility index (Phi) is 10.6. The van der Waals surface area contributed by atoms with Gasteiger partial charge in [0.15, 0.2) is 0 Å². The van der Waals surface area contributed by atoms with Gasteiger partial charge in [-0.15, -0.1) is 0 Å². The fraction of sp³-hybridized carbons (Fsp3) is 0.429. The number of azide groups is 1. The van der Waals surface area contributed by atoms with Gasteiger partial charge in [-0.25, -0.2) is 0 Å². The molecule has 2 rings (SSSR count). The van der Waals surface area contributed by atoms with Crippen molar-refractivity contribution in [2.24, 2.45) is 5.11 Å². The van der Waals surface area contributed by atoms with Crippen molar-refractivity contribution in [1.29, 1.82) is 0 Å². The Hall–Kier alpha value is -2.50. The molecule has 0 saturated carbocycles. The van der Waals surface area contributed by atoms with E-state index >= 15 is 0 Å². The number of nitrogens with zero attached hydrogens (tertiary/aromatic N) is 3. The third-order valence-electron chi connectivity index (χ3n) is 4.46. The van der Waals surface area contributed by atoms with Crippen LogP contribution in [0.5, 0.6) is 0 Å². The highest BCUT2D eigenvalue weighted by molar-refractivity contribution is 7.86. The minimum Gasteiger partial charge on any atom is -0.394 e. The first kappa shape index (κ1) is 25.8. The Morgan fingerprint density at radius 1 is 1.03 bits per heavy atom. The number of aliphatic hydroxyl groups is 2. The molecule has 2 N–H and O–H groups in total. The Morgan fingerprint density at radius 3 is 2.09 bits per heavy atom. The summed E-state index contributed by atoms with van der Waals surface area (Å²) in [4.78, 5) is 2.75. The molecule has 0 radical (unpaired) electrons. The van der Waals surface area contributed by atoms with Gasteiger partial charge in [0.1, 0.15) is 12.2 Å². The summed E-state index contributed by atoms with van der Waals surface area (Å²) in [5, 5.41) is 24.2. The molecule has 0 saturated heterocycles. The van der Waals surface area contributed by atoms with Crippen LogP contribution in [0, 0.1) is 0 Å². The van der Waals surface area contributed by atoms with Crippen LogP contribution in [-0.4, -0.2) is 62.5 Å². The van der Waals surface area contributed by atoms with Crippen LogP contribution in [0.4, 0.5) is 0 Å². The highest BCUT2D eigenvalue weighted by Gasteiger charge is 2.37. The minimum atomic E-state index is -3.97. The van der Waals surface area contributed by atoms with Crippen molar-refractivity contribution < 1.29 is 32.3 Å². The van der Waals surface area contributed by atoms with Crippen molar-refractivity contribution in [3.63, 3.8) is 0 Å². The van der Waals surface area contributed by atoms with E-state index in [4.69, 9.17) is 19.2 Å². The number of hydrogen-bond acceptors (Lipinski definition) is 8. The van der Waals surface area contributed by atoms with E-state index in [-0.39, 0.29) is 19.8 Å². The fourth-order valence-corrected chi connectivity index (χ4v) is 3.58. The van der Waals surface area contributed by atoms with Crippen molar-refractivity contribution >= 4 is 10.1 Å². The first-order valence-electron chi connectivity index (χ1n) is 9.82. The van der Waals surface area contributed by atoms with Crippen molar-refractivity contribution in [2.75, 3.05) is 19.5 Å². The number of ether oxygens (including phenoxy) is 2. The van der Waals surface area contributed by atoms with E-state index in [0.29, 0.717) is 0 Å². The maximum Gasteiger partial charge on any atom is 0.264 e. The van der Waals surface area contributed by atoms with Crippen LogP contribution in [-0.2, 0) is 37.0 Å². The van der Waals surface area contributed by atoms with Gasteiger partial charge >= 0.3 is 0 Å². The Labute approximate surface area is 187 Å². The highest BCUT2D eigenvalue weighted by Crippen LogP contribution is 2.19. The van der Waals surface area contributed by atoms with Gasteiger partial charge in [0.2, 0.25) is 0 Å². The van der Waals surface area contributed by atoms with Gasteiger partial charge in [0.05, 0.1) is 44.8 Å². The van der Waals surface area contributed by atoms with Crippen LogP contribution in [0.25, 0.3) is 10.4 Å². The topological polar surface area (TPSA) is 151 Å². The third-order valence-corrected chi connectivity index (χ3v) is 5.06. The summed E-state index contributed by atoms with van der Waals surface area (Å²) in [5.41, 5.74) is 10.6. The predicted octanol–water partition coefficient (Wildman–Crippen LogP) is 2.17. The van der Waals surface area contributed by atoms with Gasteiger partial charge in [0, 0.05) is 4.91 Å². The molecule has 0 unspecified atom stereocenters. The maximum atomic E-state index is 11.6. The minimum absolute atomic E-state index is 0.0000485. The summed E-state index contributed by atoms with van der Waals surface area (Å²) in [6.45, 7) is -0.705. The van der Waals surface area contributed by atoms with E-state index in [2.05, 4.69) is 10.0 Å². The van der Waals surface area contributed by atoms with Crippen molar-refractivity contribution in [2.45, 2.75) is 37.6 Å². The number of rotatable bonds is 14. The molecule has 0 aromatic heterocycles. The van der Waals surface area contributed by atoms with E-state index in [0.717, 1.165) is 17.4 Å². The van der Waals surface area contributed by atoms with Crippen molar-refractivity contribution in [1.82, 2.24) is 0 Å². The van der Waals surface area contributed by atoms with Gasteiger partial charge in [-0.1, -0.05) is 65.8 Å². The van der Waals surface area contributed by atoms with Gasteiger partial charge in [0.25, 0.3) is 10.1 Å². The lowest BCUT2D eigenvalue weighted by molar-refractivity contribution is -0.120. The number of benzene rings is 2. The monoisotopic (exact) mass is 465 g/mol. The lowest BCUT2D eigenvalue weighted by Crippen LogP contribution is -2.49. The molecule has 0 fully saturated rings. The quantitative estimate of drug-likeness (QED) is 0.188. The SMILES string of the molecule is CS(=O)(=O)O[C@H](CO)[C@@H](OCc1ccccc1)[C@H](O)[C@H](COCc1ccccc1)N=[N+]=[N-]. The van der Waals surface area contributed by atoms with Crippen LogP contribution in [0.1, 0.15) is 11.1 Å². The average molecular weight is 466 g/mol. The Balaban J connectivity index is 2.16. The highest BCUT2D eigenvalue weighted by atomic mass is 32.2. The second kappa shape index (κ2) is 13.1. The summed E-state index contributed by atoms with van der Waals surface area (Å²) < 4.78 is 39.5. The van der Waals surface area contributed by atoms with E-state index in [9.17, 15) is 18.6 Å². The molecule has 2 aromatic carbocycles. The summed E-state index contributed by atoms with van der Waals surface area (Å²) >= 11 is 0. The lowest BCUT2D eigenvalue weighted by Gasteiger charge is -2.32. The van der Waals surface area contributed by atoms with Crippen molar-refractivity contribution in [3.05, 3.63) is 82.2 Å². The van der Waals surface area contributed by atoms with E-state index < -0.39 is 41.1 Å². The molecular weight excluding hydrogens is 438 g/mol. The molecule has 0 aliphatic rings. The maximum absolute atomic E-state index is 11.6.